The van der Waals surface area contributed by atoms with Gasteiger partial charge in [0, 0.05) is 17.2 Å². The highest BCUT2D eigenvalue weighted by Gasteiger charge is 2.73. The quantitative estimate of drug-likeness (QED) is 0.428. The van der Waals surface area contributed by atoms with Crippen molar-refractivity contribution in [2.75, 3.05) is 4.90 Å². The van der Waals surface area contributed by atoms with E-state index in [1.165, 1.54) is 18.2 Å². The Morgan fingerprint density at radius 2 is 1.35 bits per heavy atom. The van der Waals surface area contributed by atoms with E-state index >= 15 is 0 Å². The van der Waals surface area contributed by atoms with E-state index in [9.17, 15) is 19.2 Å². The lowest BCUT2D eigenvalue weighted by molar-refractivity contribution is -0.123. The fraction of sp³-hybridized carbons (Fsp3) is 0.154. The summed E-state index contributed by atoms with van der Waals surface area (Å²) in [6.07, 6.45) is 0. The van der Waals surface area contributed by atoms with Gasteiger partial charge in [-0.15, -0.1) is 0 Å². The molecule has 1 spiro atoms. The van der Waals surface area contributed by atoms with Gasteiger partial charge in [0.05, 0.1) is 27.6 Å². The average Bonchev–Trinajstić information content (AvgIpc) is 3.42. The maximum Gasteiger partial charge on any atom is 0.240 e. The Morgan fingerprint density at radius 3 is 1.97 bits per heavy atom. The van der Waals surface area contributed by atoms with Gasteiger partial charge in [-0.3, -0.25) is 24.5 Å². The summed E-state index contributed by atoms with van der Waals surface area (Å²) < 4.78 is 0. The Bertz CT molecular complexity index is 1390. The smallest absolute Gasteiger partial charge is 0.240 e. The van der Waals surface area contributed by atoms with E-state index in [2.05, 4.69) is 5.32 Å². The minimum Gasteiger partial charge on any atom is -0.291 e. The zero-order valence-corrected chi connectivity index (χ0v) is 19.0. The van der Waals surface area contributed by atoms with Gasteiger partial charge in [-0.1, -0.05) is 77.8 Å². The number of nitrogens with zero attached hydrogens (tertiary/aromatic N) is 1. The van der Waals surface area contributed by atoms with E-state index in [1.807, 2.05) is 30.3 Å². The highest BCUT2D eigenvalue weighted by Crippen LogP contribution is 2.54. The Balaban J connectivity index is 1.55. The lowest BCUT2D eigenvalue weighted by Crippen LogP contribution is -2.58. The van der Waals surface area contributed by atoms with Crippen molar-refractivity contribution in [3.63, 3.8) is 0 Å². The molecule has 34 heavy (non-hydrogen) atoms. The Hall–Kier alpha value is -3.32. The molecule has 6 rings (SSSR count). The minimum atomic E-state index is -1.85. The van der Waals surface area contributed by atoms with E-state index in [4.69, 9.17) is 23.2 Å². The number of carbonyl (C=O) groups excluding carboxylic acids is 4. The van der Waals surface area contributed by atoms with Crippen LogP contribution in [0.5, 0.6) is 0 Å². The van der Waals surface area contributed by atoms with Gasteiger partial charge in [0.2, 0.25) is 11.8 Å². The molecule has 1 unspecified atom stereocenters. The molecule has 1 aliphatic carbocycles. The number of nitrogens with one attached hydrogen (secondary N) is 1. The lowest BCUT2D eigenvalue weighted by atomic mass is 9.76. The number of ketones is 2. The van der Waals surface area contributed by atoms with E-state index < -0.39 is 46.8 Å². The summed E-state index contributed by atoms with van der Waals surface area (Å²) in [5.41, 5.74) is -0.396. The Labute approximate surface area is 204 Å². The molecular weight excluding hydrogens is 475 g/mol. The van der Waals surface area contributed by atoms with Crippen molar-refractivity contribution in [1.29, 1.82) is 0 Å². The van der Waals surface area contributed by atoms with Gasteiger partial charge in [0.25, 0.3) is 0 Å². The molecule has 2 amide bonds. The van der Waals surface area contributed by atoms with Crippen LogP contribution in [0.1, 0.15) is 32.3 Å². The van der Waals surface area contributed by atoms with Crippen LogP contribution in [-0.2, 0) is 9.59 Å². The first-order valence-corrected chi connectivity index (χ1v) is 11.5. The van der Waals surface area contributed by atoms with Gasteiger partial charge < -0.3 is 0 Å². The summed E-state index contributed by atoms with van der Waals surface area (Å²) in [5, 5.41) is 3.63. The third-order valence-electron chi connectivity index (χ3n) is 7.01. The van der Waals surface area contributed by atoms with Gasteiger partial charge in [-0.25, -0.2) is 4.90 Å². The maximum atomic E-state index is 13.9. The number of hydrogen-bond acceptors (Lipinski definition) is 5. The summed E-state index contributed by atoms with van der Waals surface area (Å²) in [5.74, 6) is -4.24. The molecule has 0 radical (unpaired) electrons. The molecule has 3 atom stereocenters. The molecule has 2 saturated heterocycles. The number of rotatable bonds is 2. The highest BCUT2D eigenvalue weighted by atomic mass is 35.5. The van der Waals surface area contributed by atoms with Crippen LogP contribution in [-0.4, -0.2) is 28.9 Å². The van der Waals surface area contributed by atoms with Crippen molar-refractivity contribution in [2.45, 2.75) is 11.6 Å². The number of imide groups is 1. The SMILES string of the molecule is O=C1[C@@H]2C(c3ccccc3)NC3(C(=O)c4ccccc4C3=O)[C@@H]2C(=O)N1c1ccc(Cl)c(Cl)c1. The molecule has 0 saturated carbocycles. The second-order valence-electron chi connectivity index (χ2n) is 8.66. The number of carbonyl (C=O) groups is 4. The number of amides is 2. The molecule has 6 nitrogen and oxygen atoms in total. The summed E-state index contributed by atoms with van der Waals surface area (Å²) in [6, 6.07) is 19.3. The van der Waals surface area contributed by atoms with Crippen molar-refractivity contribution < 1.29 is 19.2 Å². The average molecular weight is 491 g/mol. The van der Waals surface area contributed by atoms with Crippen LogP contribution in [0.4, 0.5) is 5.69 Å². The molecule has 8 heteroatoms. The molecular formula is C26H16Cl2N2O4. The lowest BCUT2D eigenvalue weighted by Gasteiger charge is -2.28. The number of benzene rings is 3. The van der Waals surface area contributed by atoms with Crippen LogP contribution in [0.2, 0.25) is 10.0 Å². The summed E-state index contributed by atoms with van der Waals surface area (Å²) in [6.45, 7) is 0. The molecule has 2 heterocycles. The number of hydrogen-bond donors (Lipinski definition) is 1. The first-order valence-electron chi connectivity index (χ1n) is 10.7. The van der Waals surface area contributed by atoms with Crippen molar-refractivity contribution in [1.82, 2.24) is 5.32 Å². The van der Waals surface area contributed by atoms with Crippen LogP contribution < -0.4 is 10.2 Å². The fourth-order valence-electron chi connectivity index (χ4n) is 5.56. The molecule has 168 valence electrons. The van der Waals surface area contributed by atoms with Gasteiger partial charge >= 0.3 is 0 Å². The van der Waals surface area contributed by atoms with Crippen LogP contribution in [0.25, 0.3) is 0 Å². The van der Waals surface area contributed by atoms with Crippen LogP contribution in [0.15, 0.2) is 72.8 Å². The van der Waals surface area contributed by atoms with Crippen molar-refractivity contribution >= 4 is 52.3 Å². The summed E-state index contributed by atoms with van der Waals surface area (Å²) >= 11 is 12.2. The third kappa shape index (κ3) is 2.61. The first kappa shape index (κ1) is 21.2. The third-order valence-corrected chi connectivity index (χ3v) is 7.75. The zero-order chi connectivity index (χ0) is 23.8. The Kier molecular flexibility index (Phi) is 4.58. The minimum absolute atomic E-state index is 0.185. The van der Waals surface area contributed by atoms with E-state index in [-0.39, 0.29) is 26.9 Å². The number of anilines is 1. The molecule has 3 aromatic carbocycles. The largest absolute Gasteiger partial charge is 0.291 e. The Morgan fingerprint density at radius 1 is 0.735 bits per heavy atom. The predicted octanol–water partition coefficient (Wildman–Crippen LogP) is 4.26. The second kappa shape index (κ2) is 7.34. The van der Waals surface area contributed by atoms with Crippen molar-refractivity contribution in [3.8, 4) is 0 Å². The normalized spacial score (nSPS) is 24.8. The monoisotopic (exact) mass is 490 g/mol. The van der Waals surface area contributed by atoms with Crippen LogP contribution >= 0.6 is 23.2 Å². The standard InChI is InChI=1S/C26H16Cl2N2O4/c27-17-11-10-14(12-18(17)28)30-24(33)19-20(25(30)34)26(29-21(19)13-6-2-1-3-7-13)22(31)15-8-4-5-9-16(15)23(26)32/h1-12,19-21,29H/t19-,20-,21?/m0/s1. The summed E-state index contributed by atoms with van der Waals surface area (Å²) in [7, 11) is 0. The first-order chi connectivity index (χ1) is 16.4. The molecule has 3 aliphatic rings. The molecule has 0 aromatic heterocycles. The zero-order valence-electron chi connectivity index (χ0n) is 17.5. The van der Waals surface area contributed by atoms with Crippen molar-refractivity contribution in [2.24, 2.45) is 11.8 Å². The molecule has 2 aliphatic heterocycles. The second-order valence-corrected chi connectivity index (χ2v) is 9.47. The van der Waals surface area contributed by atoms with Gasteiger partial charge in [0.1, 0.15) is 0 Å². The van der Waals surface area contributed by atoms with Gasteiger partial charge in [-0.2, -0.15) is 0 Å². The molecule has 2 fully saturated rings. The van der Waals surface area contributed by atoms with Crippen LogP contribution in [0.3, 0.4) is 0 Å². The maximum absolute atomic E-state index is 13.9. The molecule has 0 bridgehead atoms. The topological polar surface area (TPSA) is 83.5 Å². The summed E-state index contributed by atoms with van der Waals surface area (Å²) in [4.78, 5) is 56.1. The van der Waals surface area contributed by atoms with Gasteiger partial charge in [-0.05, 0) is 23.8 Å². The van der Waals surface area contributed by atoms with E-state index in [0.717, 1.165) is 4.90 Å². The molecule has 3 aromatic rings. The van der Waals surface area contributed by atoms with Gasteiger partial charge in [0.15, 0.2) is 17.1 Å². The van der Waals surface area contributed by atoms with Crippen molar-refractivity contribution in [3.05, 3.63) is 99.5 Å². The van der Waals surface area contributed by atoms with E-state index in [1.54, 1.807) is 24.3 Å². The predicted molar refractivity (Wildman–Crippen MR) is 126 cm³/mol. The number of fused-ring (bicyclic) bond motifs is 3. The number of halogens is 2. The highest BCUT2D eigenvalue weighted by molar-refractivity contribution is 6.42. The van der Waals surface area contributed by atoms with Crippen LogP contribution in [0, 0.1) is 11.8 Å². The van der Waals surface area contributed by atoms with E-state index in [0.29, 0.717) is 5.56 Å². The number of Topliss-reactive ketones (excluding diaryl/α,β-unsaturated/α-hetero) is 2. The fourth-order valence-corrected chi connectivity index (χ4v) is 5.85. The molecule has 1 N–H and O–H groups in total.